The molecule has 0 aromatic heterocycles. The summed E-state index contributed by atoms with van der Waals surface area (Å²) in [6, 6.07) is 11.5. The van der Waals surface area contributed by atoms with Crippen molar-refractivity contribution >= 4 is 32.8 Å². The molecule has 2 aromatic rings. The number of hydrogen-bond acceptors (Lipinski definition) is 7. The number of nitrogens with one attached hydrogen (secondary N) is 1. The van der Waals surface area contributed by atoms with Crippen LogP contribution in [0.2, 0.25) is 0 Å². The molecular weight excluding hydrogens is 408 g/mol. The van der Waals surface area contributed by atoms with Gasteiger partial charge in [-0.05, 0) is 36.4 Å². The predicted molar refractivity (Wildman–Crippen MR) is 116 cm³/mol. The molecule has 0 aliphatic carbocycles. The third kappa shape index (κ3) is 4.72. The Morgan fingerprint density at radius 2 is 1.73 bits per heavy atom. The molecule has 9 nitrogen and oxygen atoms in total. The lowest BCUT2D eigenvalue weighted by molar-refractivity contribution is -0.384. The van der Waals surface area contributed by atoms with E-state index in [4.69, 9.17) is 4.74 Å². The second-order valence-electron chi connectivity index (χ2n) is 6.80. The molecule has 1 aliphatic heterocycles. The number of ether oxygens (including phenoxy) is 1. The highest BCUT2D eigenvalue weighted by Crippen LogP contribution is 2.32. The summed E-state index contributed by atoms with van der Waals surface area (Å²) in [5, 5.41) is 14.6. The van der Waals surface area contributed by atoms with Crippen molar-refractivity contribution in [1.29, 1.82) is 0 Å². The quantitative estimate of drug-likeness (QED) is 0.502. The molecule has 0 amide bonds. The summed E-state index contributed by atoms with van der Waals surface area (Å²) in [4.78, 5) is 13.1. The number of anilines is 3. The SMILES string of the molecule is CCN(CC)S(=O)(=O)c1ccc(Nc2ccc(N3CCOCC3)cc2)c([N+](=O)[O-])c1. The number of hydrogen-bond donors (Lipinski definition) is 1. The van der Waals surface area contributed by atoms with Gasteiger partial charge in [-0.1, -0.05) is 13.8 Å². The van der Waals surface area contributed by atoms with E-state index < -0.39 is 14.9 Å². The third-order valence-electron chi connectivity index (χ3n) is 5.03. The largest absolute Gasteiger partial charge is 0.378 e. The average Bonchev–Trinajstić information content (AvgIpc) is 2.75. The number of rotatable bonds is 8. The van der Waals surface area contributed by atoms with Gasteiger partial charge in [0, 0.05) is 43.6 Å². The first-order chi connectivity index (χ1) is 14.4. The topological polar surface area (TPSA) is 105 Å². The van der Waals surface area contributed by atoms with Crippen molar-refractivity contribution in [3.05, 3.63) is 52.6 Å². The minimum Gasteiger partial charge on any atom is -0.378 e. The summed E-state index contributed by atoms with van der Waals surface area (Å²) in [7, 11) is -3.78. The van der Waals surface area contributed by atoms with Crippen LogP contribution in [0, 0.1) is 10.1 Å². The molecule has 30 heavy (non-hydrogen) atoms. The zero-order valence-electron chi connectivity index (χ0n) is 17.1. The molecule has 10 heteroatoms. The third-order valence-corrected chi connectivity index (χ3v) is 7.08. The molecule has 1 N–H and O–H groups in total. The van der Waals surface area contributed by atoms with Crippen LogP contribution in [0.25, 0.3) is 0 Å². The monoisotopic (exact) mass is 434 g/mol. The van der Waals surface area contributed by atoms with Crippen LogP contribution in [0.4, 0.5) is 22.7 Å². The minimum atomic E-state index is -3.78. The highest BCUT2D eigenvalue weighted by atomic mass is 32.2. The Kier molecular flexibility index (Phi) is 6.91. The van der Waals surface area contributed by atoms with E-state index in [1.54, 1.807) is 13.8 Å². The van der Waals surface area contributed by atoms with Gasteiger partial charge in [0.05, 0.1) is 23.0 Å². The second-order valence-corrected chi connectivity index (χ2v) is 8.73. The van der Waals surface area contributed by atoms with Crippen LogP contribution < -0.4 is 10.2 Å². The minimum absolute atomic E-state index is 0.0916. The average molecular weight is 435 g/mol. The lowest BCUT2D eigenvalue weighted by Gasteiger charge is -2.28. The van der Waals surface area contributed by atoms with Crippen molar-refractivity contribution in [1.82, 2.24) is 4.31 Å². The lowest BCUT2D eigenvalue weighted by atomic mass is 10.2. The van der Waals surface area contributed by atoms with Crippen molar-refractivity contribution in [2.24, 2.45) is 0 Å². The van der Waals surface area contributed by atoms with Gasteiger partial charge in [-0.15, -0.1) is 0 Å². The molecule has 0 atom stereocenters. The van der Waals surface area contributed by atoms with Crippen LogP contribution >= 0.6 is 0 Å². The van der Waals surface area contributed by atoms with Gasteiger partial charge in [-0.3, -0.25) is 10.1 Å². The van der Waals surface area contributed by atoms with Gasteiger partial charge < -0.3 is 15.0 Å². The van der Waals surface area contributed by atoms with Gasteiger partial charge in [0.15, 0.2) is 0 Å². The Hall–Kier alpha value is -2.69. The summed E-state index contributed by atoms with van der Waals surface area (Å²) >= 11 is 0. The second kappa shape index (κ2) is 9.41. The van der Waals surface area contributed by atoms with Crippen LogP contribution in [0.1, 0.15) is 13.8 Å². The molecule has 0 radical (unpaired) electrons. The van der Waals surface area contributed by atoms with Crippen LogP contribution in [-0.4, -0.2) is 57.0 Å². The summed E-state index contributed by atoms with van der Waals surface area (Å²) in [5.74, 6) is 0. The van der Waals surface area contributed by atoms with Gasteiger partial charge in [0.2, 0.25) is 10.0 Å². The smallest absolute Gasteiger partial charge is 0.294 e. The van der Waals surface area contributed by atoms with Crippen LogP contribution in [0.15, 0.2) is 47.4 Å². The maximum atomic E-state index is 12.7. The van der Waals surface area contributed by atoms with Crippen molar-refractivity contribution in [3.8, 4) is 0 Å². The molecule has 162 valence electrons. The Labute approximate surface area is 176 Å². The van der Waals surface area contributed by atoms with Crippen LogP contribution in [0.5, 0.6) is 0 Å². The Morgan fingerprint density at radius 3 is 2.30 bits per heavy atom. The molecule has 0 saturated carbocycles. The van der Waals surface area contributed by atoms with Gasteiger partial charge in [-0.25, -0.2) is 8.42 Å². The van der Waals surface area contributed by atoms with E-state index in [0.29, 0.717) is 32.0 Å². The van der Waals surface area contributed by atoms with E-state index in [-0.39, 0.29) is 16.3 Å². The molecule has 0 spiro atoms. The van der Waals surface area contributed by atoms with Crippen LogP contribution in [-0.2, 0) is 14.8 Å². The molecule has 1 heterocycles. The van der Waals surface area contributed by atoms with E-state index in [9.17, 15) is 18.5 Å². The summed E-state index contributed by atoms with van der Waals surface area (Å²) in [5.41, 5.74) is 1.67. The molecule has 1 fully saturated rings. The molecule has 1 saturated heterocycles. The van der Waals surface area contributed by atoms with Crippen molar-refractivity contribution in [3.63, 3.8) is 0 Å². The first-order valence-corrected chi connectivity index (χ1v) is 11.3. The van der Waals surface area contributed by atoms with Gasteiger partial charge in [0.1, 0.15) is 5.69 Å². The fourth-order valence-corrected chi connectivity index (χ4v) is 4.85. The van der Waals surface area contributed by atoms with Crippen molar-refractivity contribution in [2.45, 2.75) is 18.7 Å². The highest BCUT2D eigenvalue weighted by molar-refractivity contribution is 7.89. The fourth-order valence-electron chi connectivity index (χ4n) is 3.37. The molecule has 0 bridgehead atoms. The normalized spacial score (nSPS) is 14.7. The van der Waals surface area contributed by atoms with Crippen molar-refractivity contribution in [2.75, 3.05) is 49.6 Å². The maximum Gasteiger partial charge on any atom is 0.294 e. The maximum absolute atomic E-state index is 12.7. The van der Waals surface area contributed by atoms with Crippen molar-refractivity contribution < 1.29 is 18.1 Å². The molecule has 3 rings (SSSR count). The van der Waals surface area contributed by atoms with E-state index in [1.807, 2.05) is 24.3 Å². The standard InChI is InChI=1S/C20H26N4O5S/c1-3-23(4-2)30(27,28)18-9-10-19(20(15-18)24(25)26)21-16-5-7-17(8-6-16)22-11-13-29-14-12-22/h5-10,15,21H,3-4,11-14H2,1-2H3. The van der Waals surface area contributed by atoms with Gasteiger partial charge in [0.25, 0.3) is 5.69 Å². The predicted octanol–water partition coefficient (Wildman–Crippen LogP) is 3.21. The molecular formula is C20H26N4O5S. The number of nitrogens with zero attached hydrogens (tertiary/aromatic N) is 3. The number of benzene rings is 2. The van der Waals surface area contributed by atoms with E-state index in [0.717, 1.165) is 24.8 Å². The molecule has 1 aliphatic rings. The Morgan fingerprint density at radius 1 is 1.10 bits per heavy atom. The number of morpholine rings is 1. The Bertz CT molecular complexity index is 985. The fraction of sp³-hybridized carbons (Fsp3) is 0.400. The van der Waals surface area contributed by atoms with Gasteiger partial charge >= 0.3 is 0 Å². The first kappa shape index (κ1) is 22.0. The lowest BCUT2D eigenvalue weighted by Crippen LogP contribution is -2.36. The van der Waals surface area contributed by atoms with E-state index in [1.165, 1.54) is 16.4 Å². The van der Waals surface area contributed by atoms with Gasteiger partial charge in [-0.2, -0.15) is 4.31 Å². The number of nitro benzene ring substituents is 1. The van der Waals surface area contributed by atoms with Crippen LogP contribution in [0.3, 0.4) is 0 Å². The highest BCUT2D eigenvalue weighted by Gasteiger charge is 2.25. The Balaban J connectivity index is 1.84. The summed E-state index contributed by atoms with van der Waals surface area (Å²) < 4.78 is 32.0. The van der Waals surface area contributed by atoms with E-state index in [2.05, 4.69) is 10.2 Å². The zero-order valence-corrected chi connectivity index (χ0v) is 17.9. The summed E-state index contributed by atoms with van der Waals surface area (Å²) in [6.07, 6.45) is 0. The zero-order chi connectivity index (χ0) is 21.7. The first-order valence-electron chi connectivity index (χ1n) is 9.85. The number of sulfonamides is 1. The summed E-state index contributed by atoms with van der Waals surface area (Å²) in [6.45, 7) is 7.06. The van der Waals surface area contributed by atoms with E-state index >= 15 is 0 Å². The number of nitro groups is 1. The molecule has 0 unspecified atom stereocenters. The molecule has 2 aromatic carbocycles.